The van der Waals surface area contributed by atoms with Gasteiger partial charge in [-0.15, -0.1) is 0 Å². The largest absolute Gasteiger partial charge is 0.367 e. The maximum atomic E-state index is 9.34. The Balaban J connectivity index is 1.78. The van der Waals surface area contributed by atoms with Crippen LogP contribution in [0.1, 0.15) is 18.2 Å². The Morgan fingerprint density at radius 3 is 2.68 bits per heavy atom. The van der Waals surface area contributed by atoms with Gasteiger partial charge < -0.3 is 9.64 Å². The molecule has 0 radical (unpaired) electrons. The highest BCUT2D eigenvalue weighted by Crippen LogP contribution is 2.34. The number of anilines is 1. The van der Waals surface area contributed by atoms with Gasteiger partial charge in [-0.3, -0.25) is 0 Å². The van der Waals surface area contributed by atoms with Gasteiger partial charge in [-0.1, -0.05) is 48.5 Å². The Hall–Kier alpha value is -2.90. The van der Waals surface area contributed by atoms with E-state index in [0.29, 0.717) is 12.3 Å². The standard InChI is InChI=1S/C21H19N3O/c1-21(16-7-3-2-4-8-16)15-24(11-12-25-21)20-13-17(14-22)23-19-10-6-5-9-18(19)20/h2-10,13H,11-12,15H2,1H3. The zero-order valence-electron chi connectivity index (χ0n) is 14.1. The smallest absolute Gasteiger partial charge is 0.143 e. The van der Waals surface area contributed by atoms with E-state index in [1.54, 1.807) is 0 Å². The highest BCUT2D eigenvalue weighted by molar-refractivity contribution is 5.92. The maximum Gasteiger partial charge on any atom is 0.143 e. The Kier molecular flexibility index (Phi) is 3.87. The third-order valence-electron chi connectivity index (χ3n) is 4.81. The molecule has 1 aliphatic heterocycles. The van der Waals surface area contributed by atoms with E-state index in [0.717, 1.165) is 29.7 Å². The van der Waals surface area contributed by atoms with E-state index < -0.39 is 0 Å². The van der Waals surface area contributed by atoms with Gasteiger partial charge in [-0.05, 0) is 24.6 Å². The van der Waals surface area contributed by atoms with Crippen LogP contribution < -0.4 is 4.90 Å². The van der Waals surface area contributed by atoms with Crippen LogP contribution in [-0.4, -0.2) is 24.7 Å². The van der Waals surface area contributed by atoms with Crippen molar-refractivity contribution in [3.05, 3.63) is 71.9 Å². The lowest BCUT2D eigenvalue weighted by Crippen LogP contribution is -2.48. The van der Waals surface area contributed by atoms with Crippen molar-refractivity contribution in [2.45, 2.75) is 12.5 Å². The lowest BCUT2D eigenvalue weighted by Gasteiger charge is -2.42. The molecule has 124 valence electrons. The van der Waals surface area contributed by atoms with E-state index in [2.05, 4.69) is 41.1 Å². The van der Waals surface area contributed by atoms with E-state index in [9.17, 15) is 5.26 Å². The summed E-state index contributed by atoms with van der Waals surface area (Å²) in [6, 6.07) is 22.4. The fourth-order valence-electron chi connectivity index (χ4n) is 3.52. The molecule has 1 atom stereocenters. The zero-order chi connectivity index (χ0) is 17.3. The van der Waals surface area contributed by atoms with Crippen LogP contribution in [-0.2, 0) is 10.3 Å². The van der Waals surface area contributed by atoms with Gasteiger partial charge in [0.1, 0.15) is 17.4 Å². The van der Waals surface area contributed by atoms with Gasteiger partial charge >= 0.3 is 0 Å². The third kappa shape index (κ3) is 2.84. The van der Waals surface area contributed by atoms with Gasteiger partial charge in [0.25, 0.3) is 0 Å². The third-order valence-corrected chi connectivity index (χ3v) is 4.81. The Morgan fingerprint density at radius 1 is 1.12 bits per heavy atom. The highest BCUT2D eigenvalue weighted by Gasteiger charge is 2.34. The number of pyridine rings is 1. The minimum Gasteiger partial charge on any atom is -0.367 e. The molecule has 0 aliphatic carbocycles. The van der Waals surface area contributed by atoms with Crippen LogP contribution in [0.15, 0.2) is 60.7 Å². The molecule has 2 aromatic carbocycles. The number of para-hydroxylation sites is 1. The van der Waals surface area contributed by atoms with Crippen LogP contribution >= 0.6 is 0 Å². The molecule has 0 bridgehead atoms. The van der Waals surface area contributed by atoms with Crippen molar-refractivity contribution >= 4 is 16.6 Å². The molecular weight excluding hydrogens is 310 g/mol. The van der Waals surface area contributed by atoms with Gasteiger partial charge in [-0.25, -0.2) is 4.98 Å². The fraction of sp³-hybridized carbons (Fsp3) is 0.238. The molecule has 0 saturated carbocycles. The molecule has 4 rings (SSSR count). The molecule has 0 N–H and O–H groups in total. The monoisotopic (exact) mass is 329 g/mol. The Labute approximate surface area is 147 Å². The van der Waals surface area contributed by atoms with E-state index in [1.165, 1.54) is 5.56 Å². The van der Waals surface area contributed by atoms with Crippen LogP contribution in [0.4, 0.5) is 5.69 Å². The van der Waals surface area contributed by atoms with E-state index in [1.807, 2.05) is 42.5 Å². The zero-order valence-corrected chi connectivity index (χ0v) is 14.1. The first-order valence-electron chi connectivity index (χ1n) is 8.44. The fourth-order valence-corrected chi connectivity index (χ4v) is 3.52. The van der Waals surface area contributed by atoms with Crippen molar-refractivity contribution in [3.8, 4) is 6.07 Å². The van der Waals surface area contributed by atoms with Crippen molar-refractivity contribution in [1.29, 1.82) is 5.26 Å². The molecule has 1 fully saturated rings. The molecule has 1 aromatic heterocycles. The number of rotatable bonds is 2. The second-order valence-corrected chi connectivity index (χ2v) is 6.52. The van der Waals surface area contributed by atoms with Crippen molar-refractivity contribution < 1.29 is 4.74 Å². The number of nitrogens with zero attached hydrogens (tertiary/aromatic N) is 3. The predicted molar refractivity (Wildman–Crippen MR) is 98.4 cm³/mol. The number of hydrogen-bond donors (Lipinski definition) is 0. The van der Waals surface area contributed by atoms with Gasteiger partial charge in [-0.2, -0.15) is 5.26 Å². The molecule has 25 heavy (non-hydrogen) atoms. The minimum atomic E-state index is -0.378. The quantitative estimate of drug-likeness (QED) is 0.716. The number of ether oxygens (including phenoxy) is 1. The van der Waals surface area contributed by atoms with Crippen LogP contribution in [0, 0.1) is 11.3 Å². The van der Waals surface area contributed by atoms with Gasteiger partial charge in [0.2, 0.25) is 0 Å². The second kappa shape index (κ2) is 6.19. The SMILES string of the molecule is CC1(c2ccccc2)CN(c2cc(C#N)nc3ccccc23)CCO1. The van der Waals surface area contributed by atoms with Crippen LogP contribution in [0.25, 0.3) is 10.9 Å². The molecule has 4 heteroatoms. The molecule has 1 unspecified atom stereocenters. The van der Waals surface area contributed by atoms with E-state index >= 15 is 0 Å². The first kappa shape index (κ1) is 15.6. The summed E-state index contributed by atoms with van der Waals surface area (Å²) >= 11 is 0. The predicted octanol–water partition coefficient (Wildman–Crippen LogP) is 3.86. The minimum absolute atomic E-state index is 0.378. The topological polar surface area (TPSA) is 49.2 Å². The summed E-state index contributed by atoms with van der Waals surface area (Å²) in [6.45, 7) is 4.30. The summed E-state index contributed by atoms with van der Waals surface area (Å²) in [5, 5.41) is 10.4. The average Bonchev–Trinajstić information content (AvgIpc) is 2.68. The summed E-state index contributed by atoms with van der Waals surface area (Å²) in [6.07, 6.45) is 0. The number of fused-ring (bicyclic) bond motifs is 1. The first-order chi connectivity index (χ1) is 12.2. The normalized spacial score (nSPS) is 20.4. The van der Waals surface area contributed by atoms with E-state index in [4.69, 9.17) is 4.74 Å². The first-order valence-corrected chi connectivity index (χ1v) is 8.44. The van der Waals surface area contributed by atoms with Crippen molar-refractivity contribution in [1.82, 2.24) is 4.98 Å². The summed E-state index contributed by atoms with van der Waals surface area (Å²) in [5.74, 6) is 0. The lowest BCUT2D eigenvalue weighted by atomic mass is 9.93. The number of benzene rings is 2. The molecule has 1 saturated heterocycles. The summed E-state index contributed by atoms with van der Waals surface area (Å²) in [5.41, 5.74) is 3.13. The van der Waals surface area contributed by atoms with Crippen molar-refractivity contribution in [2.75, 3.05) is 24.6 Å². The van der Waals surface area contributed by atoms with Crippen LogP contribution in [0.3, 0.4) is 0 Å². The van der Waals surface area contributed by atoms with Crippen LogP contribution in [0.5, 0.6) is 0 Å². The van der Waals surface area contributed by atoms with Gasteiger partial charge in [0.05, 0.1) is 18.7 Å². The van der Waals surface area contributed by atoms with Gasteiger partial charge in [0, 0.05) is 17.6 Å². The molecule has 0 amide bonds. The number of hydrogen-bond acceptors (Lipinski definition) is 4. The summed E-state index contributed by atoms with van der Waals surface area (Å²) < 4.78 is 6.15. The Bertz CT molecular complexity index is 948. The molecule has 4 nitrogen and oxygen atoms in total. The molecular formula is C21H19N3O. The maximum absolute atomic E-state index is 9.34. The highest BCUT2D eigenvalue weighted by atomic mass is 16.5. The number of nitriles is 1. The lowest BCUT2D eigenvalue weighted by molar-refractivity contribution is -0.0465. The second-order valence-electron chi connectivity index (χ2n) is 6.52. The molecule has 3 aromatic rings. The molecule has 2 heterocycles. The van der Waals surface area contributed by atoms with Crippen LogP contribution in [0.2, 0.25) is 0 Å². The number of aromatic nitrogens is 1. The summed E-state index contributed by atoms with van der Waals surface area (Å²) in [4.78, 5) is 6.73. The van der Waals surface area contributed by atoms with Crippen molar-refractivity contribution in [3.63, 3.8) is 0 Å². The van der Waals surface area contributed by atoms with Crippen molar-refractivity contribution in [2.24, 2.45) is 0 Å². The average molecular weight is 329 g/mol. The van der Waals surface area contributed by atoms with Gasteiger partial charge in [0.15, 0.2) is 0 Å². The Morgan fingerprint density at radius 2 is 1.88 bits per heavy atom. The van der Waals surface area contributed by atoms with E-state index in [-0.39, 0.29) is 5.60 Å². The molecule has 1 aliphatic rings. The summed E-state index contributed by atoms with van der Waals surface area (Å²) in [7, 11) is 0. The number of morpholine rings is 1. The molecule has 0 spiro atoms.